The van der Waals surface area contributed by atoms with E-state index in [0.29, 0.717) is 5.69 Å². The second-order valence-corrected chi connectivity index (χ2v) is 5.52. The van der Waals surface area contributed by atoms with E-state index in [-0.39, 0.29) is 16.9 Å². The molecular formula is C20H14FNO5. The molecule has 0 spiro atoms. The van der Waals surface area contributed by atoms with Crippen molar-refractivity contribution in [2.24, 2.45) is 0 Å². The molecule has 1 N–H and O–H groups in total. The normalized spacial score (nSPS) is 10.3. The molecule has 27 heavy (non-hydrogen) atoms. The Morgan fingerprint density at radius 2 is 1.74 bits per heavy atom. The van der Waals surface area contributed by atoms with Crippen LogP contribution in [0, 0.1) is 5.82 Å². The smallest absolute Gasteiger partial charge is 0.338 e. The van der Waals surface area contributed by atoms with Crippen LogP contribution in [-0.4, -0.2) is 24.3 Å². The minimum Gasteiger partial charge on any atom is -0.459 e. The van der Waals surface area contributed by atoms with Crippen LogP contribution in [0.15, 0.2) is 71.3 Å². The van der Waals surface area contributed by atoms with Crippen LogP contribution in [0.2, 0.25) is 0 Å². The number of Topliss-reactive ketones (excluding diaryl/α,β-unsaturated/α-hetero) is 1. The number of amides is 1. The number of esters is 1. The fourth-order valence-electron chi connectivity index (χ4n) is 2.26. The minimum absolute atomic E-state index is 0.132. The summed E-state index contributed by atoms with van der Waals surface area (Å²) in [5.41, 5.74) is 0.776. The summed E-state index contributed by atoms with van der Waals surface area (Å²) in [6, 6.07) is 14.1. The van der Waals surface area contributed by atoms with Gasteiger partial charge in [0.25, 0.3) is 5.91 Å². The standard InChI is InChI=1S/C20H14FNO5/c21-15-8-6-13(7-9-15)17(23)12-27-20(25)14-3-1-4-16(11-14)22-19(24)18-5-2-10-26-18/h1-11H,12H2,(H,22,24). The van der Waals surface area contributed by atoms with E-state index in [1.165, 1.54) is 36.6 Å². The lowest BCUT2D eigenvalue weighted by Crippen LogP contribution is -2.15. The molecule has 0 saturated heterocycles. The van der Waals surface area contributed by atoms with E-state index < -0.39 is 30.1 Å². The van der Waals surface area contributed by atoms with Gasteiger partial charge >= 0.3 is 5.97 Å². The monoisotopic (exact) mass is 367 g/mol. The van der Waals surface area contributed by atoms with Crippen molar-refractivity contribution in [3.05, 3.63) is 89.6 Å². The third-order valence-corrected chi connectivity index (χ3v) is 3.60. The molecule has 3 aromatic rings. The zero-order valence-corrected chi connectivity index (χ0v) is 14.0. The number of rotatable bonds is 6. The minimum atomic E-state index is -0.723. The Balaban J connectivity index is 1.60. The highest BCUT2D eigenvalue weighted by molar-refractivity contribution is 6.03. The highest BCUT2D eigenvalue weighted by Gasteiger charge is 2.14. The predicted molar refractivity (Wildman–Crippen MR) is 94.1 cm³/mol. The molecule has 2 aromatic carbocycles. The summed E-state index contributed by atoms with van der Waals surface area (Å²) in [4.78, 5) is 36.1. The number of anilines is 1. The maximum Gasteiger partial charge on any atom is 0.338 e. The summed E-state index contributed by atoms with van der Waals surface area (Å²) in [6.45, 7) is -0.479. The molecule has 0 radical (unpaired) electrons. The largest absolute Gasteiger partial charge is 0.459 e. The highest BCUT2D eigenvalue weighted by Crippen LogP contribution is 2.14. The molecule has 136 valence electrons. The first-order valence-corrected chi connectivity index (χ1v) is 7.94. The summed E-state index contributed by atoms with van der Waals surface area (Å²) >= 11 is 0. The van der Waals surface area contributed by atoms with Gasteiger partial charge in [-0.2, -0.15) is 0 Å². The van der Waals surface area contributed by atoms with Crippen LogP contribution in [0.25, 0.3) is 0 Å². The van der Waals surface area contributed by atoms with Crippen molar-refractivity contribution in [3.8, 4) is 0 Å². The number of ketones is 1. The van der Waals surface area contributed by atoms with E-state index in [9.17, 15) is 18.8 Å². The van der Waals surface area contributed by atoms with Gasteiger partial charge in [0.1, 0.15) is 5.82 Å². The van der Waals surface area contributed by atoms with Crippen molar-refractivity contribution in [3.63, 3.8) is 0 Å². The van der Waals surface area contributed by atoms with Gasteiger partial charge in [0.2, 0.25) is 0 Å². The van der Waals surface area contributed by atoms with Gasteiger partial charge in [-0.15, -0.1) is 0 Å². The third kappa shape index (κ3) is 4.66. The fourth-order valence-corrected chi connectivity index (χ4v) is 2.26. The molecule has 1 heterocycles. The molecule has 0 unspecified atom stereocenters. The molecule has 1 aromatic heterocycles. The van der Waals surface area contributed by atoms with Gasteiger partial charge in [-0.1, -0.05) is 6.07 Å². The molecule has 0 aliphatic rings. The first kappa shape index (κ1) is 18.1. The van der Waals surface area contributed by atoms with Crippen molar-refractivity contribution < 1.29 is 27.9 Å². The summed E-state index contributed by atoms with van der Waals surface area (Å²) in [6.07, 6.45) is 1.38. The fraction of sp³-hybridized carbons (Fsp3) is 0.0500. The first-order valence-electron chi connectivity index (χ1n) is 7.94. The second-order valence-electron chi connectivity index (χ2n) is 5.52. The zero-order valence-electron chi connectivity index (χ0n) is 14.0. The molecule has 7 heteroatoms. The van der Waals surface area contributed by atoms with Gasteiger partial charge in [-0.3, -0.25) is 9.59 Å². The van der Waals surface area contributed by atoms with E-state index in [4.69, 9.17) is 9.15 Å². The molecule has 0 atom stereocenters. The van der Waals surface area contributed by atoms with Crippen LogP contribution in [0.3, 0.4) is 0 Å². The number of halogens is 1. The van der Waals surface area contributed by atoms with Crippen molar-refractivity contribution in [2.45, 2.75) is 0 Å². The van der Waals surface area contributed by atoms with Crippen molar-refractivity contribution in [1.29, 1.82) is 0 Å². The number of hydrogen-bond donors (Lipinski definition) is 1. The van der Waals surface area contributed by atoms with Crippen molar-refractivity contribution in [1.82, 2.24) is 0 Å². The van der Waals surface area contributed by atoms with E-state index in [1.54, 1.807) is 18.2 Å². The topological polar surface area (TPSA) is 85.6 Å². The first-order chi connectivity index (χ1) is 13.0. The molecular weight excluding hydrogens is 353 g/mol. The van der Waals surface area contributed by atoms with Crippen LogP contribution in [-0.2, 0) is 4.74 Å². The Morgan fingerprint density at radius 3 is 2.44 bits per heavy atom. The van der Waals surface area contributed by atoms with Crippen LogP contribution in [0.4, 0.5) is 10.1 Å². The SMILES string of the molecule is O=C(COC(=O)c1cccc(NC(=O)c2ccco2)c1)c1ccc(F)cc1. The lowest BCUT2D eigenvalue weighted by Gasteiger charge is -2.07. The predicted octanol–water partition coefficient (Wildman–Crippen LogP) is 3.71. The lowest BCUT2D eigenvalue weighted by molar-refractivity contribution is 0.0474. The Hall–Kier alpha value is -3.74. The number of carbonyl (C=O) groups excluding carboxylic acids is 3. The summed E-state index contributed by atoms with van der Waals surface area (Å²) in [7, 11) is 0. The van der Waals surface area contributed by atoms with Crippen molar-refractivity contribution in [2.75, 3.05) is 11.9 Å². The van der Waals surface area contributed by atoms with Gasteiger partial charge in [-0.25, -0.2) is 9.18 Å². The average Bonchev–Trinajstić information content (AvgIpc) is 3.21. The molecule has 0 saturated carbocycles. The number of carbonyl (C=O) groups is 3. The van der Waals surface area contributed by atoms with E-state index in [1.807, 2.05) is 0 Å². The molecule has 0 aliphatic heterocycles. The van der Waals surface area contributed by atoms with Gasteiger partial charge in [0.15, 0.2) is 18.2 Å². The number of nitrogens with one attached hydrogen (secondary N) is 1. The summed E-state index contributed by atoms with van der Waals surface area (Å²) in [5, 5.41) is 2.59. The molecule has 0 bridgehead atoms. The van der Waals surface area contributed by atoms with Crippen LogP contribution >= 0.6 is 0 Å². The average molecular weight is 367 g/mol. The third-order valence-electron chi connectivity index (χ3n) is 3.60. The summed E-state index contributed by atoms with van der Waals surface area (Å²) < 4.78 is 22.9. The lowest BCUT2D eigenvalue weighted by atomic mass is 10.1. The maximum atomic E-state index is 12.9. The van der Waals surface area contributed by atoms with Gasteiger partial charge < -0.3 is 14.5 Å². The van der Waals surface area contributed by atoms with E-state index >= 15 is 0 Å². The van der Waals surface area contributed by atoms with Crippen LogP contribution in [0.5, 0.6) is 0 Å². The molecule has 3 rings (SSSR count). The maximum absolute atomic E-state index is 12.9. The van der Waals surface area contributed by atoms with Gasteiger partial charge in [-0.05, 0) is 54.6 Å². The Morgan fingerprint density at radius 1 is 0.963 bits per heavy atom. The molecule has 0 aliphatic carbocycles. The van der Waals surface area contributed by atoms with Crippen LogP contribution in [0.1, 0.15) is 31.3 Å². The second kappa shape index (κ2) is 8.09. The van der Waals surface area contributed by atoms with E-state index in [2.05, 4.69) is 5.32 Å². The van der Waals surface area contributed by atoms with Crippen molar-refractivity contribution >= 4 is 23.3 Å². The Labute approximate surface area is 153 Å². The van der Waals surface area contributed by atoms with Crippen LogP contribution < -0.4 is 5.32 Å². The Kier molecular flexibility index (Phi) is 5.41. The van der Waals surface area contributed by atoms with E-state index in [0.717, 1.165) is 12.1 Å². The van der Waals surface area contributed by atoms with Gasteiger partial charge in [0.05, 0.1) is 11.8 Å². The number of ether oxygens (including phenoxy) is 1. The molecule has 6 nitrogen and oxygen atoms in total. The quantitative estimate of drug-likeness (QED) is 0.530. The van der Waals surface area contributed by atoms with Gasteiger partial charge in [0, 0.05) is 11.3 Å². The Bertz CT molecular complexity index is 964. The molecule has 0 fully saturated rings. The highest BCUT2D eigenvalue weighted by atomic mass is 19.1. The number of hydrogen-bond acceptors (Lipinski definition) is 5. The number of benzene rings is 2. The zero-order chi connectivity index (χ0) is 19.2. The summed E-state index contributed by atoms with van der Waals surface area (Å²) in [5.74, 6) is -1.97. The number of furan rings is 1. The molecule has 1 amide bonds.